The van der Waals surface area contributed by atoms with Gasteiger partial charge in [0.15, 0.2) is 5.75 Å². The second-order valence-electron chi connectivity index (χ2n) is 6.68. The molecule has 0 aliphatic carbocycles. The monoisotopic (exact) mass is 444 g/mol. The number of rotatable bonds is 5. The van der Waals surface area contributed by atoms with E-state index in [0.717, 1.165) is 44.2 Å². The molecule has 7 nitrogen and oxygen atoms in total. The van der Waals surface area contributed by atoms with Gasteiger partial charge in [0.25, 0.3) is 0 Å². The molecule has 162 valence electrons. The molecule has 0 spiro atoms. The van der Waals surface area contributed by atoms with Crippen molar-refractivity contribution in [2.45, 2.75) is 23.9 Å². The van der Waals surface area contributed by atoms with Gasteiger partial charge in [-0.3, -0.25) is 0 Å². The lowest BCUT2D eigenvalue weighted by molar-refractivity contribution is -0.137. The van der Waals surface area contributed by atoms with E-state index < -0.39 is 32.6 Å². The number of nitrogens with two attached hydrogens (primary N) is 1. The molecular weight excluding hydrogens is 425 g/mol. The first kappa shape index (κ1) is 21.9. The molecule has 0 bridgehead atoms. The van der Waals surface area contributed by atoms with E-state index in [0.29, 0.717) is 13.1 Å². The van der Waals surface area contributed by atoms with Gasteiger partial charge in [-0.1, -0.05) is 6.07 Å². The van der Waals surface area contributed by atoms with E-state index in [1.54, 1.807) is 4.90 Å². The maximum atomic E-state index is 13.0. The topological polar surface area (TPSA) is 98.9 Å². The highest BCUT2D eigenvalue weighted by molar-refractivity contribution is 7.89. The summed E-state index contributed by atoms with van der Waals surface area (Å²) in [5.41, 5.74) is -0.789. The van der Waals surface area contributed by atoms with Gasteiger partial charge in [-0.05, 0) is 43.2 Å². The minimum absolute atomic E-state index is 0.0696. The maximum absolute atomic E-state index is 13.0. The van der Waals surface area contributed by atoms with E-state index >= 15 is 0 Å². The number of anilines is 1. The molecule has 1 fully saturated rings. The molecule has 0 radical (unpaired) electrons. The first-order valence-corrected chi connectivity index (χ1v) is 10.4. The van der Waals surface area contributed by atoms with Gasteiger partial charge in [0.1, 0.15) is 10.6 Å². The average Bonchev–Trinajstić information content (AvgIpc) is 3.20. The number of methoxy groups -OCH3 is 1. The van der Waals surface area contributed by atoms with E-state index in [2.05, 4.69) is 4.74 Å². The third-order valence-electron chi connectivity index (χ3n) is 4.59. The molecule has 2 aromatic rings. The molecule has 0 unspecified atom stereocenters. The lowest BCUT2D eigenvalue weighted by atomic mass is 10.1. The second kappa shape index (κ2) is 8.15. The van der Waals surface area contributed by atoms with E-state index in [1.165, 1.54) is 12.1 Å². The normalized spacial score (nSPS) is 14.6. The Bertz CT molecular complexity index is 1060. The van der Waals surface area contributed by atoms with Crippen LogP contribution in [-0.2, 0) is 20.9 Å². The van der Waals surface area contributed by atoms with Crippen molar-refractivity contribution in [3.8, 4) is 11.5 Å². The van der Waals surface area contributed by atoms with E-state index in [1.807, 2.05) is 0 Å². The zero-order chi connectivity index (χ0) is 22.1. The standard InChI is InChI=1S/C19H19F3N2O5S/c1-28-18(25)12-9-15(24-7-2-3-8-24)17(16(10-12)30(23,26)27)29-14-6-4-5-13(11-14)19(20,21)22/h4-6,9-11H,2-3,7-8H2,1H3,(H2,23,26,27). The van der Waals surface area contributed by atoms with Crippen LogP contribution in [0.25, 0.3) is 0 Å². The zero-order valence-corrected chi connectivity index (χ0v) is 16.7. The highest BCUT2D eigenvalue weighted by Gasteiger charge is 2.32. The fraction of sp³-hybridized carbons (Fsp3) is 0.316. The largest absolute Gasteiger partial charge is 0.465 e. The van der Waals surface area contributed by atoms with E-state index in [-0.39, 0.29) is 22.7 Å². The van der Waals surface area contributed by atoms with E-state index in [9.17, 15) is 26.4 Å². The van der Waals surface area contributed by atoms with Gasteiger partial charge in [0, 0.05) is 13.1 Å². The summed E-state index contributed by atoms with van der Waals surface area (Å²) in [5.74, 6) is -1.25. The van der Waals surface area contributed by atoms with Gasteiger partial charge in [-0.2, -0.15) is 13.2 Å². The molecular formula is C19H19F3N2O5S. The SMILES string of the molecule is COC(=O)c1cc(N2CCCC2)c(Oc2cccc(C(F)(F)F)c2)c(S(N)(=O)=O)c1. The van der Waals surface area contributed by atoms with Gasteiger partial charge in [-0.25, -0.2) is 18.4 Å². The van der Waals surface area contributed by atoms with Crippen LogP contribution in [0.3, 0.4) is 0 Å². The third kappa shape index (κ3) is 4.68. The summed E-state index contributed by atoms with van der Waals surface area (Å²) >= 11 is 0. The maximum Gasteiger partial charge on any atom is 0.416 e. The number of nitrogens with zero attached hydrogens (tertiary/aromatic N) is 1. The Labute approximate surface area is 171 Å². The summed E-state index contributed by atoms with van der Waals surface area (Å²) in [6.45, 7) is 1.10. The van der Waals surface area contributed by atoms with Crippen molar-refractivity contribution >= 4 is 21.7 Å². The number of halogens is 3. The highest BCUT2D eigenvalue weighted by atomic mass is 32.2. The number of esters is 1. The summed E-state index contributed by atoms with van der Waals surface area (Å²) in [4.78, 5) is 13.3. The predicted octanol–water partition coefficient (Wildman–Crippen LogP) is 3.53. The van der Waals surface area contributed by atoms with E-state index in [4.69, 9.17) is 9.88 Å². The van der Waals surface area contributed by atoms with Gasteiger partial charge in [-0.15, -0.1) is 0 Å². The number of carbonyl (C=O) groups excluding carboxylic acids is 1. The number of alkyl halides is 3. The molecule has 3 rings (SSSR count). The molecule has 1 aliphatic heterocycles. The molecule has 1 aliphatic rings. The van der Waals surface area contributed by atoms with Gasteiger partial charge in [0.2, 0.25) is 10.0 Å². The molecule has 2 N–H and O–H groups in total. The average molecular weight is 444 g/mol. The first-order chi connectivity index (χ1) is 14.0. The quantitative estimate of drug-likeness (QED) is 0.709. The summed E-state index contributed by atoms with van der Waals surface area (Å²) in [5, 5.41) is 5.33. The van der Waals surface area contributed by atoms with Crippen molar-refractivity contribution in [1.82, 2.24) is 0 Å². The Morgan fingerprint density at radius 3 is 2.37 bits per heavy atom. The van der Waals surface area contributed by atoms with Crippen molar-refractivity contribution < 1.29 is 35.9 Å². The number of benzene rings is 2. The van der Waals surface area contributed by atoms with Crippen LogP contribution in [0.15, 0.2) is 41.3 Å². The first-order valence-electron chi connectivity index (χ1n) is 8.90. The van der Waals surface area contributed by atoms with Crippen LogP contribution in [0.5, 0.6) is 11.5 Å². The predicted molar refractivity (Wildman–Crippen MR) is 102 cm³/mol. The lowest BCUT2D eigenvalue weighted by Gasteiger charge is -2.24. The van der Waals surface area contributed by atoms with Gasteiger partial charge >= 0.3 is 12.1 Å². The third-order valence-corrected chi connectivity index (χ3v) is 5.51. The molecule has 30 heavy (non-hydrogen) atoms. The fourth-order valence-electron chi connectivity index (χ4n) is 3.18. The van der Waals surface area contributed by atoms with Crippen LogP contribution in [0.2, 0.25) is 0 Å². The van der Waals surface area contributed by atoms with Crippen LogP contribution in [0, 0.1) is 0 Å². The lowest BCUT2D eigenvalue weighted by Crippen LogP contribution is -2.22. The molecule has 2 aromatic carbocycles. The molecule has 1 saturated heterocycles. The Balaban J connectivity index is 2.19. The van der Waals surface area contributed by atoms with Gasteiger partial charge < -0.3 is 14.4 Å². The van der Waals surface area contributed by atoms with Crippen LogP contribution in [0.4, 0.5) is 18.9 Å². The zero-order valence-electron chi connectivity index (χ0n) is 15.9. The fourth-order valence-corrected chi connectivity index (χ4v) is 3.88. The number of sulfonamides is 1. The Hall–Kier alpha value is -2.79. The van der Waals surface area contributed by atoms with Crippen molar-refractivity contribution in [3.63, 3.8) is 0 Å². The van der Waals surface area contributed by atoms with Gasteiger partial charge in [0.05, 0.1) is 23.9 Å². The number of hydrogen-bond donors (Lipinski definition) is 1. The van der Waals surface area contributed by atoms with Crippen molar-refractivity contribution in [3.05, 3.63) is 47.5 Å². The minimum atomic E-state index is -4.60. The van der Waals surface area contributed by atoms with Crippen LogP contribution < -0.4 is 14.8 Å². The summed E-state index contributed by atoms with van der Waals surface area (Å²) < 4.78 is 73.9. The summed E-state index contributed by atoms with van der Waals surface area (Å²) in [6, 6.07) is 6.42. The number of hydrogen-bond acceptors (Lipinski definition) is 6. The Morgan fingerprint density at radius 2 is 1.80 bits per heavy atom. The second-order valence-corrected chi connectivity index (χ2v) is 8.21. The summed E-state index contributed by atoms with van der Waals surface area (Å²) in [6.07, 6.45) is -2.97. The Morgan fingerprint density at radius 1 is 1.13 bits per heavy atom. The Kier molecular flexibility index (Phi) is 5.95. The van der Waals surface area contributed by atoms with Crippen molar-refractivity contribution in [1.29, 1.82) is 0 Å². The molecule has 0 aromatic heterocycles. The number of ether oxygens (including phenoxy) is 2. The van der Waals surface area contributed by atoms with Crippen molar-refractivity contribution in [2.75, 3.05) is 25.1 Å². The number of carbonyl (C=O) groups is 1. The number of primary sulfonamides is 1. The van der Waals surface area contributed by atoms with Crippen LogP contribution in [-0.4, -0.2) is 34.6 Å². The molecule has 0 amide bonds. The molecule has 0 saturated carbocycles. The smallest absolute Gasteiger partial charge is 0.416 e. The molecule has 0 atom stereocenters. The highest BCUT2D eigenvalue weighted by Crippen LogP contribution is 2.41. The molecule has 11 heteroatoms. The van der Waals surface area contributed by atoms with Crippen LogP contribution >= 0.6 is 0 Å². The van der Waals surface area contributed by atoms with Crippen molar-refractivity contribution in [2.24, 2.45) is 5.14 Å². The molecule has 1 heterocycles. The minimum Gasteiger partial charge on any atom is -0.465 e. The van der Waals surface area contributed by atoms with Crippen LogP contribution in [0.1, 0.15) is 28.8 Å². The summed E-state index contributed by atoms with van der Waals surface area (Å²) in [7, 11) is -3.25.